The highest BCUT2D eigenvalue weighted by Gasteiger charge is 2.28. The molecule has 2 aliphatic heterocycles. The third kappa shape index (κ3) is 5.64. The minimum absolute atomic E-state index is 0.0204. The van der Waals surface area contributed by atoms with Gasteiger partial charge in [0.25, 0.3) is 0 Å². The molecular weight excluding hydrogens is 386 g/mol. The fraction of sp³-hybridized carbons (Fsp3) is 0.810. The molecule has 1 atom stereocenters. The van der Waals surface area contributed by atoms with Crippen LogP contribution in [-0.4, -0.2) is 68.4 Å². The van der Waals surface area contributed by atoms with Crippen molar-refractivity contribution in [2.24, 2.45) is 5.92 Å². The summed E-state index contributed by atoms with van der Waals surface area (Å²) in [5.41, 5.74) is -0.714. The van der Waals surface area contributed by atoms with Gasteiger partial charge in [0.2, 0.25) is 5.91 Å². The largest absolute Gasteiger partial charge is 0.444 e. The standard InChI is InChI=1S/C21H35N5O4/c1-21(2,3)30-20(29)23(4)13-16-9-8-11-24(14-16)18(27)15-26-19(28)25-12-7-5-6-10-17(25)22-26/h16H,5-15H2,1-4H3. The van der Waals surface area contributed by atoms with Gasteiger partial charge in [-0.3, -0.25) is 9.36 Å². The van der Waals surface area contributed by atoms with E-state index in [1.54, 1.807) is 21.4 Å². The number of carbonyl (C=O) groups is 2. The zero-order valence-electron chi connectivity index (χ0n) is 18.7. The molecule has 0 aromatic carbocycles. The number of piperidine rings is 1. The van der Waals surface area contributed by atoms with Crippen LogP contribution in [0.25, 0.3) is 0 Å². The lowest BCUT2D eigenvalue weighted by Gasteiger charge is -2.35. The number of hydrogen-bond donors (Lipinski definition) is 0. The van der Waals surface area contributed by atoms with E-state index in [4.69, 9.17) is 4.74 Å². The molecule has 0 saturated carbocycles. The lowest BCUT2D eigenvalue weighted by molar-refractivity contribution is -0.134. The number of aryl methyl sites for hydroxylation is 1. The van der Waals surface area contributed by atoms with Crippen LogP contribution in [0.5, 0.6) is 0 Å². The Hall–Kier alpha value is -2.32. The van der Waals surface area contributed by atoms with Crippen molar-refractivity contribution in [1.29, 1.82) is 0 Å². The van der Waals surface area contributed by atoms with Gasteiger partial charge in [-0.15, -0.1) is 0 Å². The summed E-state index contributed by atoms with van der Waals surface area (Å²) >= 11 is 0. The Morgan fingerprint density at radius 1 is 1.17 bits per heavy atom. The molecule has 3 heterocycles. The highest BCUT2D eigenvalue weighted by atomic mass is 16.6. The lowest BCUT2D eigenvalue weighted by Crippen LogP contribution is -2.46. The normalized spacial score (nSPS) is 19.7. The zero-order valence-corrected chi connectivity index (χ0v) is 18.7. The van der Waals surface area contributed by atoms with Crippen LogP contribution in [0.4, 0.5) is 4.79 Å². The molecule has 9 nitrogen and oxygen atoms in total. The van der Waals surface area contributed by atoms with Crippen molar-refractivity contribution in [3.05, 3.63) is 16.3 Å². The minimum Gasteiger partial charge on any atom is -0.444 e. The van der Waals surface area contributed by atoms with Crippen molar-refractivity contribution in [3.8, 4) is 0 Å². The zero-order chi connectivity index (χ0) is 21.9. The number of rotatable bonds is 4. The summed E-state index contributed by atoms with van der Waals surface area (Å²) in [7, 11) is 1.73. The maximum atomic E-state index is 12.9. The smallest absolute Gasteiger partial charge is 0.410 e. The third-order valence-corrected chi connectivity index (χ3v) is 5.68. The predicted octanol–water partition coefficient (Wildman–Crippen LogP) is 1.88. The van der Waals surface area contributed by atoms with E-state index in [2.05, 4.69) is 5.10 Å². The van der Waals surface area contributed by atoms with E-state index in [0.717, 1.165) is 44.3 Å². The number of aromatic nitrogens is 3. The van der Waals surface area contributed by atoms with Crippen molar-refractivity contribution in [2.75, 3.05) is 26.7 Å². The molecule has 1 fully saturated rings. The Morgan fingerprint density at radius 2 is 1.93 bits per heavy atom. The summed E-state index contributed by atoms with van der Waals surface area (Å²) in [6, 6.07) is 0. The van der Waals surface area contributed by atoms with E-state index in [1.165, 1.54) is 4.68 Å². The van der Waals surface area contributed by atoms with Crippen molar-refractivity contribution in [3.63, 3.8) is 0 Å². The second kappa shape index (κ2) is 9.22. The number of ether oxygens (including phenoxy) is 1. The van der Waals surface area contributed by atoms with Gasteiger partial charge in [-0.2, -0.15) is 5.10 Å². The topological polar surface area (TPSA) is 89.7 Å². The number of amides is 2. The highest BCUT2D eigenvalue weighted by Crippen LogP contribution is 2.19. The Balaban J connectivity index is 1.57. The first kappa shape index (κ1) is 22.4. The fourth-order valence-corrected chi connectivity index (χ4v) is 4.20. The van der Waals surface area contributed by atoms with Gasteiger partial charge < -0.3 is 14.5 Å². The highest BCUT2D eigenvalue weighted by molar-refractivity contribution is 5.76. The van der Waals surface area contributed by atoms with Gasteiger partial charge in [0, 0.05) is 39.6 Å². The van der Waals surface area contributed by atoms with Crippen LogP contribution in [0.1, 0.15) is 58.7 Å². The second-order valence-electron chi connectivity index (χ2n) is 9.53. The second-order valence-corrected chi connectivity index (χ2v) is 9.53. The molecule has 1 saturated heterocycles. The van der Waals surface area contributed by atoms with E-state index in [9.17, 15) is 14.4 Å². The maximum Gasteiger partial charge on any atom is 0.410 e. The van der Waals surface area contributed by atoms with Gasteiger partial charge in [-0.25, -0.2) is 14.3 Å². The Bertz CT molecular complexity index is 822. The van der Waals surface area contributed by atoms with Crippen LogP contribution in [0.3, 0.4) is 0 Å². The Morgan fingerprint density at radius 3 is 2.67 bits per heavy atom. The van der Waals surface area contributed by atoms with Gasteiger partial charge in [0.05, 0.1) is 0 Å². The monoisotopic (exact) mass is 421 g/mol. The third-order valence-electron chi connectivity index (χ3n) is 5.68. The van der Waals surface area contributed by atoms with E-state index in [0.29, 0.717) is 26.2 Å². The molecule has 0 spiro atoms. The summed E-state index contributed by atoms with van der Waals surface area (Å²) in [5.74, 6) is 0.895. The van der Waals surface area contributed by atoms with Crippen LogP contribution in [0.2, 0.25) is 0 Å². The molecule has 0 bridgehead atoms. The predicted molar refractivity (Wildman–Crippen MR) is 112 cm³/mol. The summed E-state index contributed by atoms with van der Waals surface area (Å²) < 4.78 is 8.45. The van der Waals surface area contributed by atoms with E-state index < -0.39 is 5.60 Å². The van der Waals surface area contributed by atoms with Crippen LogP contribution in [-0.2, 0) is 29.0 Å². The molecule has 168 valence electrons. The van der Waals surface area contributed by atoms with Gasteiger partial charge in [0.1, 0.15) is 18.0 Å². The van der Waals surface area contributed by atoms with Crippen LogP contribution in [0, 0.1) is 5.92 Å². The Labute approximate surface area is 178 Å². The first-order valence-corrected chi connectivity index (χ1v) is 11.0. The molecule has 30 heavy (non-hydrogen) atoms. The first-order chi connectivity index (χ1) is 14.1. The average molecular weight is 422 g/mol. The Kier molecular flexibility index (Phi) is 6.88. The SMILES string of the molecule is CN(CC1CCCN(C(=O)Cn2nc3n(c2=O)CCCCC3)C1)C(=O)OC(C)(C)C. The summed E-state index contributed by atoms with van der Waals surface area (Å²) in [6.45, 7) is 7.99. The number of hydrogen-bond acceptors (Lipinski definition) is 5. The summed E-state index contributed by atoms with van der Waals surface area (Å²) in [6.07, 6.45) is 5.39. The molecule has 1 unspecified atom stereocenters. The molecule has 2 aliphatic rings. The van der Waals surface area contributed by atoms with Gasteiger partial charge in [-0.1, -0.05) is 6.42 Å². The first-order valence-electron chi connectivity index (χ1n) is 11.0. The molecule has 0 radical (unpaired) electrons. The fourth-order valence-electron chi connectivity index (χ4n) is 4.20. The summed E-state index contributed by atoms with van der Waals surface area (Å²) in [4.78, 5) is 41.1. The molecule has 9 heteroatoms. The van der Waals surface area contributed by atoms with Gasteiger partial charge in [0.15, 0.2) is 0 Å². The molecule has 1 aromatic heterocycles. The molecule has 3 rings (SSSR count). The number of nitrogens with zero attached hydrogens (tertiary/aromatic N) is 5. The van der Waals surface area contributed by atoms with Gasteiger partial charge in [-0.05, 0) is 52.4 Å². The van der Waals surface area contributed by atoms with Crippen LogP contribution in [0.15, 0.2) is 4.79 Å². The lowest BCUT2D eigenvalue weighted by atomic mass is 9.97. The summed E-state index contributed by atoms with van der Waals surface area (Å²) in [5, 5.41) is 4.42. The van der Waals surface area contributed by atoms with Crippen molar-refractivity contribution >= 4 is 12.0 Å². The minimum atomic E-state index is -0.532. The number of carbonyl (C=O) groups excluding carboxylic acids is 2. The van der Waals surface area contributed by atoms with Crippen LogP contribution < -0.4 is 5.69 Å². The van der Waals surface area contributed by atoms with Crippen molar-refractivity contribution in [2.45, 2.75) is 78.0 Å². The van der Waals surface area contributed by atoms with Crippen molar-refractivity contribution < 1.29 is 14.3 Å². The molecule has 2 amide bonds. The van der Waals surface area contributed by atoms with E-state index in [-0.39, 0.29) is 30.2 Å². The quantitative estimate of drug-likeness (QED) is 0.740. The number of fused-ring (bicyclic) bond motifs is 1. The molecule has 0 N–H and O–H groups in total. The molecule has 1 aromatic rings. The molecular formula is C21H35N5O4. The van der Waals surface area contributed by atoms with E-state index >= 15 is 0 Å². The van der Waals surface area contributed by atoms with Gasteiger partial charge >= 0.3 is 11.8 Å². The van der Waals surface area contributed by atoms with Crippen molar-refractivity contribution in [1.82, 2.24) is 24.1 Å². The average Bonchev–Trinajstić information content (AvgIpc) is 2.83. The number of likely N-dealkylation sites (tertiary alicyclic amines) is 1. The van der Waals surface area contributed by atoms with Crippen LogP contribution >= 0.6 is 0 Å². The molecule has 0 aliphatic carbocycles. The van der Waals surface area contributed by atoms with E-state index in [1.807, 2.05) is 20.8 Å². The maximum absolute atomic E-state index is 12.9.